The normalized spacial score (nSPS) is 10.3. The topological polar surface area (TPSA) is 58.2 Å². The maximum atomic E-state index is 13.5. The van der Waals surface area contributed by atoms with Gasteiger partial charge < -0.3 is 10.6 Å². The molecule has 0 saturated heterocycles. The smallest absolute Gasteiger partial charge is 0.225 e. The van der Waals surface area contributed by atoms with Crippen molar-refractivity contribution in [2.45, 2.75) is 18.2 Å². The maximum absolute atomic E-state index is 13.5. The molecule has 0 bridgehead atoms. The molecular weight excluding hydrogens is 334 g/mol. The van der Waals surface area contributed by atoms with Crippen molar-refractivity contribution in [2.75, 3.05) is 16.4 Å². The van der Waals surface area contributed by atoms with Crippen LogP contribution in [0.2, 0.25) is 0 Å². The summed E-state index contributed by atoms with van der Waals surface area (Å²) in [4.78, 5) is 23.4. The van der Waals surface area contributed by atoms with Gasteiger partial charge in [-0.3, -0.25) is 9.59 Å². The summed E-state index contributed by atoms with van der Waals surface area (Å²) in [7, 11) is 0. The number of anilines is 2. The maximum Gasteiger partial charge on any atom is 0.225 e. The van der Waals surface area contributed by atoms with Crippen LogP contribution in [-0.4, -0.2) is 17.6 Å². The minimum Gasteiger partial charge on any atom is -0.326 e. The first-order valence-corrected chi connectivity index (χ1v) is 8.18. The molecule has 0 atom stereocenters. The zero-order valence-corrected chi connectivity index (χ0v) is 13.8. The van der Waals surface area contributed by atoms with E-state index in [2.05, 4.69) is 10.6 Å². The Bertz CT molecular complexity index is 753. The molecule has 0 aliphatic carbocycles. The Morgan fingerprint density at radius 2 is 1.79 bits per heavy atom. The number of thioether (sulfide) groups is 1. The number of carbonyl (C=O) groups is 2. The molecule has 24 heavy (non-hydrogen) atoms. The minimum atomic E-state index is -0.585. The molecule has 2 rings (SSSR count). The predicted molar refractivity (Wildman–Crippen MR) is 91.1 cm³/mol. The molecule has 126 valence electrons. The molecule has 0 aliphatic rings. The summed E-state index contributed by atoms with van der Waals surface area (Å²) >= 11 is 1.25. The highest BCUT2D eigenvalue weighted by Crippen LogP contribution is 2.23. The monoisotopic (exact) mass is 350 g/mol. The van der Waals surface area contributed by atoms with Crippen LogP contribution in [0.5, 0.6) is 0 Å². The molecule has 0 aromatic heterocycles. The molecule has 0 fully saturated rings. The summed E-state index contributed by atoms with van der Waals surface area (Å²) in [5.41, 5.74) is 0.377. The zero-order valence-electron chi connectivity index (χ0n) is 12.9. The van der Waals surface area contributed by atoms with E-state index in [1.807, 2.05) is 0 Å². The van der Waals surface area contributed by atoms with Crippen LogP contribution in [0.15, 0.2) is 47.4 Å². The van der Waals surface area contributed by atoms with E-state index in [0.717, 1.165) is 6.07 Å². The van der Waals surface area contributed by atoms with E-state index in [-0.39, 0.29) is 23.8 Å². The Kier molecular flexibility index (Phi) is 6.31. The Morgan fingerprint density at radius 1 is 1.04 bits per heavy atom. The lowest BCUT2D eigenvalue weighted by molar-refractivity contribution is -0.116. The molecule has 7 heteroatoms. The average Bonchev–Trinajstić information content (AvgIpc) is 2.52. The molecule has 0 unspecified atom stereocenters. The van der Waals surface area contributed by atoms with E-state index in [4.69, 9.17) is 0 Å². The summed E-state index contributed by atoms with van der Waals surface area (Å²) in [6, 6.07) is 10.3. The van der Waals surface area contributed by atoms with Crippen LogP contribution in [-0.2, 0) is 9.59 Å². The summed E-state index contributed by atoms with van der Waals surface area (Å²) in [5, 5.41) is 4.97. The van der Waals surface area contributed by atoms with Gasteiger partial charge in [-0.1, -0.05) is 12.1 Å². The Hall–Kier alpha value is -2.41. The minimum absolute atomic E-state index is 0.000955. The van der Waals surface area contributed by atoms with Crippen molar-refractivity contribution in [1.82, 2.24) is 0 Å². The molecule has 4 nitrogen and oxygen atoms in total. The Morgan fingerprint density at radius 3 is 2.50 bits per heavy atom. The number of benzene rings is 2. The first kappa shape index (κ1) is 17.9. The molecule has 0 aliphatic heterocycles. The van der Waals surface area contributed by atoms with Gasteiger partial charge in [-0.15, -0.1) is 11.8 Å². The third-order valence-electron chi connectivity index (χ3n) is 2.98. The Labute approximate surface area is 142 Å². The molecule has 2 aromatic carbocycles. The molecule has 2 N–H and O–H groups in total. The second kappa shape index (κ2) is 8.44. The van der Waals surface area contributed by atoms with Gasteiger partial charge in [0.1, 0.15) is 11.6 Å². The predicted octanol–water partition coefficient (Wildman–Crippen LogP) is 4.04. The van der Waals surface area contributed by atoms with E-state index >= 15 is 0 Å². The lowest BCUT2D eigenvalue weighted by atomic mass is 10.2. The van der Waals surface area contributed by atoms with Gasteiger partial charge in [0, 0.05) is 29.7 Å². The zero-order chi connectivity index (χ0) is 17.5. The van der Waals surface area contributed by atoms with Crippen LogP contribution < -0.4 is 10.6 Å². The van der Waals surface area contributed by atoms with Crippen LogP contribution >= 0.6 is 11.8 Å². The van der Waals surface area contributed by atoms with Crippen molar-refractivity contribution >= 4 is 35.0 Å². The van der Waals surface area contributed by atoms with Crippen molar-refractivity contribution in [2.24, 2.45) is 0 Å². The largest absolute Gasteiger partial charge is 0.326 e. The number of rotatable bonds is 6. The average molecular weight is 350 g/mol. The van der Waals surface area contributed by atoms with Crippen molar-refractivity contribution in [3.05, 3.63) is 54.1 Å². The highest BCUT2D eigenvalue weighted by molar-refractivity contribution is 7.99. The van der Waals surface area contributed by atoms with Crippen LogP contribution in [0.3, 0.4) is 0 Å². The van der Waals surface area contributed by atoms with E-state index in [1.165, 1.54) is 36.9 Å². The van der Waals surface area contributed by atoms with E-state index in [0.29, 0.717) is 16.3 Å². The van der Waals surface area contributed by atoms with Gasteiger partial charge in [0.25, 0.3) is 0 Å². The van der Waals surface area contributed by atoms with Crippen LogP contribution in [0.1, 0.15) is 13.3 Å². The highest BCUT2D eigenvalue weighted by atomic mass is 32.2. The first-order valence-electron chi connectivity index (χ1n) is 7.20. The van der Waals surface area contributed by atoms with E-state index in [9.17, 15) is 18.4 Å². The van der Waals surface area contributed by atoms with Gasteiger partial charge in [-0.05, 0) is 30.3 Å². The van der Waals surface area contributed by atoms with Crippen molar-refractivity contribution < 1.29 is 18.4 Å². The molecule has 2 aromatic rings. The van der Waals surface area contributed by atoms with Crippen molar-refractivity contribution in [3.8, 4) is 0 Å². The van der Waals surface area contributed by atoms with Gasteiger partial charge in [-0.25, -0.2) is 8.78 Å². The standard InChI is InChI=1S/C17H16F2N2O2S/c1-11(22)20-15-10-12(6-7-13(15)18)21-17(23)8-9-24-16-5-3-2-4-14(16)19/h2-7,10H,8-9H2,1H3,(H,20,22)(H,21,23). The van der Waals surface area contributed by atoms with Crippen molar-refractivity contribution in [3.63, 3.8) is 0 Å². The lowest BCUT2D eigenvalue weighted by Crippen LogP contribution is -2.13. The SMILES string of the molecule is CC(=O)Nc1cc(NC(=O)CCSc2ccccc2F)ccc1F. The fraction of sp³-hybridized carbons (Fsp3) is 0.176. The van der Waals surface area contributed by atoms with Gasteiger partial charge >= 0.3 is 0 Å². The molecule has 0 spiro atoms. The fourth-order valence-electron chi connectivity index (χ4n) is 1.93. The Balaban J connectivity index is 1.88. The third kappa shape index (κ3) is 5.34. The number of halogens is 2. The van der Waals surface area contributed by atoms with Crippen LogP contribution in [0, 0.1) is 11.6 Å². The summed E-state index contributed by atoms with van der Waals surface area (Å²) in [6.45, 7) is 1.27. The lowest BCUT2D eigenvalue weighted by Gasteiger charge is -2.09. The number of amides is 2. The second-order valence-corrected chi connectivity index (χ2v) is 6.09. The van der Waals surface area contributed by atoms with E-state index < -0.39 is 11.7 Å². The molecule has 0 radical (unpaired) electrons. The third-order valence-corrected chi connectivity index (χ3v) is 4.03. The number of hydrogen-bond acceptors (Lipinski definition) is 3. The molecule has 0 heterocycles. The van der Waals surface area contributed by atoms with Gasteiger partial charge in [0.2, 0.25) is 11.8 Å². The number of carbonyl (C=O) groups excluding carboxylic acids is 2. The fourth-order valence-corrected chi connectivity index (χ4v) is 2.82. The first-order chi connectivity index (χ1) is 11.5. The summed E-state index contributed by atoms with van der Waals surface area (Å²) in [5.74, 6) is -1.18. The molecular formula is C17H16F2N2O2S. The quantitative estimate of drug-likeness (QED) is 0.773. The van der Waals surface area contributed by atoms with Crippen LogP contribution in [0.4, 0.5) is 20.2 Å². The second-order valence-electron chi connectivity index (χ2n) is 4.95. The van der Waals surface area contributed by atoms with Gasteiger partial charge in [0.15, 0.2) is 0 Å². The summed E-state index contributed by atoms with van der Waals surface area (Å²) < 4.78 is 27.0. The van der Waals surface area contributed by atoms with Crippen molar-refractivity contribution in [1.29, 1.82) is 0 Å². The number of nitrogens with one attached hydrogen (secondary N) is 2. The van der Waals surface area contributed by atoms with Gasteiger partial charge in [0.05, 0.1) is 5.69 Å². The molecule has 2 amide bonds. The van der Waals surface area contributed by atoms with Gasteiger partial charge in [-0.2, -0.15) is 0 Å². The summed E-state index contributed by atoms with van der Waals surface area (Å²) in [6.07, 6.45) is 0.172. The number of hydrogen-bond donors (Lipinski definition) is 2. The highest BCUT2D eigenvalue weighted by Gasteiger charge is 2.09. The van der Waals surface area contributed by atoms with Crippen LogP contribution in [0.25, 0.3) is 0 Å². The van der Waals surface area contributed by atoms with E-state index in [1.54, 1.807) is 18.2 Å². The molecule has 0 saturated carbocycles.